The molecule has 5 aliphatic carbocycles. The molecule has 5 rings (SSSR count). The van der Waals surface area contributed by atoms with Crippen LogP contribution >= 0.6 is 0 Å². The summed E-state index contributed by atoms with van der Waals surface area (Å²) in [7, 11) is -1.23. The molecule has 0 amide bonds. The summed E-state index contributed by atoms with van der Waals surface area (Å²) in [5.74, 6) is 9.68. The van der Waals surface area contributed by atoms with E-state index in [0.29, 0.717) is 0 Å². The molecule has 2 heteroatoms. The predicted molar refractivity (Wildman–Crippen MR) is 151 cm³/mol. The molecule has 194 valence electrons. The fraction of sp³-hybridized carbons (Fsp3) is 0.938. The van der Waals surface area contributed by atoms with Crippen molar-refractivity contribution >= 4 is 8.07 Å². The molecule has 0 heterocycles. The van der Waals surface area contributed by atoms with Crippen LogP contribution in [0.3, 0.4) is 0 Å². The van der Waals surface area contributed by atoms with Gasteiger partial charge in [-0.25, -0.2) is 0 Å². The normalized spacial score (nSPS) is 44.3. The maximum atomic E-state index is 2.91. The third-order valence-corrected chi connectivity index (χ3v) is 17.5. The maximum absolute atomic E-state index is 2.91. The average molecular weight is 564 g/mol. The summed E-state index contributed by atoms with van der Waals surface area (Å²) < 4.78 is 0. The second-order valence-electron chi connectivity index (χ2n) is 14.3. The molecule has 5 saturated carbocycles. The van der Waals surface area contributed by atoms with E-state index < -0.39 is 8.07 Å². The molecular weight excluding hydrogens is 504 g/mol. The van der Waals surface area contributed by atoms with Gasteiger partial charge in [-0.05, 0) is 96.4 Å². The Balaban J connectivity index is 0.00000136. The fourth-order valence-corrected chi connectivity index (χ4v) is 16.3. The fourth-order valence-electron chi connectivity index (χ4n) is 10.9. The summed E-state index contributed by atoms with van der Waals surface area (Å²) in [6, 6.07) is 0. The van der Waals surface area contributed by atoms with Gasteiger partial charge >= 0.3 is 26.2 Å². The first-order valence-corrected chi connectivity index (χ1v) is 18.0. The summed E-state index contributed by atoms with van der Waals surface area (Å²) in [6.07, 6.45) is 22.1. The Labute approximate surface area is 236 Å². The molecule has 0 N–H and O–H groups in total. The van der Waals surface area contributed by atoms with E-state index in [1.165, 1.54) is 18.4 Å². The van der Waals surface area contributed by atoms with Gasteiger partial charge in [0.15, 0.2) is 0 Å². The van der Waals surface area contributed by atoms with Crippen LogP contribution in [0.2, 0.25) is 24.2 Å². The molecule has 34 heavy (non-hydrogen) atoms. The third kappa shape index (κ3) is 5.74. The van der Waals surface area contributed by atoms with Crippen LogP contribution in [0, 0.1) is 68.1 Å². The van der Waals surface area contributed by atoms with Crippen molar-refractivity contribution in [3.8, 4) is 0 Å². The van der Waals surface area contributed by atoms with Crippen LogP contribution in [0.15, 0.2) is 0 Å². The Morgan fingerprint density at radius 3 is 1.68 bits per heavy atom. The molecule has 5 fully saturated rings. The zero-order valence-electron chi connectivity index (χ0n) is 24.3. The summed E-state index contributed by atoms with van der Waals surface area (Å²) in [4.78, 5) is 0. The van der Waals surface area contributed by atoms with Gasteiger partial charge in [0.05, 0.1) is 8.07 Å². The van der Waals surface area contributed by atoms with Crippen LogP contribution in [0.5, 0.6) is 0 Å². The minimum Gasteiger partial charge on any atom is -0.358 e. The van der Waals surface area contributed by atoms with Gasteiger partial charge in [0.1, 0.15) is 0 Å². The second kappa shape index (κ2) is 12.8. The molecule has 0 radical (unpaired) electrons. The average Bonchev–Trinajstić information content (AvgIpc) is 3.37. The molecule has 0 aromatic rings. The summed E-state index contributed by atoms with van der Waals surface area (Å²) in [6.45, 7) is 13.4. The standard InChI is InChI=1S/C30H54Si.2CH3.Zr/c1-20(2)24-17-14-21(3)18-29(24)22-15-16-23(19-22)31(4,5)30-27-12-8-6-10-25(27)26-11-7-9-13-28(26)30;;;/h20-30H,6-19H2,1-5H3;2*1H3;/q;2*-1;+4/t21-,22?,23?,24+,25?,26?,27?,28?,29+,30?;;;/m1.../s1. The molecule has 0 saturated heterocycles. The minimum atomic E-state index is -1.23. The van der Waals surface area contributed by atoms with Gasteiger partial charge in [-0.15, -0.1) is 0 Å². The van der Waals surface area contributed by atoms with Crippen molar-refractivity contribution in [2.24, 2.45) is 53.3 Å². The molecule has 0 spiro atoms. The van der Waals surface area contributed by atoms with Gasteiger partial charge in [0.25, 0.3) is 0 Å². The van der Waals surface area contributed by atoms with E-state index in [1.54, 1.807) is 77.0 Å². The SMILES string of the molecule is CC(C)[C@@H]1CC[C@@H](C)C[C@H]1C1CCC([Si](C)(C)C2C3CCCCC3C3CCCCC32)C1.[CH3-].[CH3-].[Zr+4]. The first-order chi connectivity index (χ1) is 14.9. The van der Waals surface area contributed by atoms with Crippen molar-refractivity contribution in [3.63, 3.8) is 0 Å². The van der Waals surface area contributed by atoms with Gasteiger partial charge in [0, 0.05) is 0 Å². The molecule has 0 aromatic heterocycles. The van der Waals surface area contributed by atoms with E-state index in [1.807, 2.05) is 0 Å². The van der Waals surface area contributed by atoms with Crippen LogP contribution in [-0.4, -0.2) is 8.07 Å². The van der Waals surface area contributed by atoms with Crippen molar-refractivity contribution < 1.29 is 26.2 Å². The minimum absolute atomic E-state index is 0. The van der Waals surface area contributed by atoms with E-state index in [0.717, 1.165) is 58.8 Å². The smallest absolute Gasteiger partial charge is 0.358 e. The molecule has 5 aliphatic rings. The van der Waals surface area contributed by atoms with Crippen molar-refractivity contribution in [3.05, 3.63) is 14.9 Å². The molecule has 0 nitrogen and oxygen atoms in total. The zero-order chi connectivity index (χ0) is 21.8. The number of hydrogen-bond acceptors (Lipinski definition) is 0. The molecular formula is C32H60SiZr+2. The van der Waals surface area contributed by atoms with Gasteiger partial charge in [0.2, 0.25) is 0 Å². The summed E-state index contributed by atoms with van der Waals surface area (Å²) >= 11 is 0. The molecule has 6 unspecified atom stereocenters. The Kier molecular flexibility index (Phi) is 11.8. The molecule has 0 aromatic carbocycles. The Bertz CT molecular complexity index is 592. The van der Waals surface area contributed by atoms with E-state index in [9.17, 15) is 0 Å². The Hall–Kier alpha value is 1.10. The van der Waals surface area contributed by atoms with Crippen LogP contribution in [0.25, 0.3) is 0 Å². The van der Waals surface area contributed by atoms with E-state index in [2.05, 4.69) is 33.9 Å². The van der Waals surface area contributed by atoms with Crippen molar-refractivity contribution in [1.82, 2.24) is 0 Å². The van der Waals surface area contributed by atoms with Crippen LogP contribution < -0.4 is 0 Å². The van der Waals surface area contributed by atoms with E-state index >= 15 is 0 Å². The number of rotatable bonds is 4. The first-order valence-electron chi connectivity index (χ1n) is 14.9. The van der Waals surface area contributed by atoms with Crippen LogP contribution in [-0.2, 0) is 26.2 Å². The maximum Gasteiger partial charge on any atom is 4.00 e. The summed E-state index contributed by atoms with van der Waals surface area (Å²) in [5.41, 5.74) is 2.34. The quantitative estimate of drug-likeness (QED) is 0.236. The van der Waals surface area contributed by atoms with Crippen molar-refractivity contribution in [1.29, 1.82) is 0 Å². The third-order valence-electron chi connectivity index (χ3n) is 12.3. The Morgan fingerprint density at radius 2 is 1.15 bits per heavy atom. The Morgan fingerprint density at radius 1 is 0.618 bits per heavy atom. The number of fused-ring (bicyclic) bond motifs is 3. The monoisotopic (exact) mass is 562 g/mol. The van der Waals surface area contributed by atoms with Crippen molar-refractivity contribution in [2.75, 3.05) is 0 Å². The molecule has 9 atom stereocenters. The second-order valence-corrected chi connectivity index (χ2v) is 19.5. The largest absolute Gasteiger partial charge is 4.00 e. The topological polar surface area (TPSA) is 0 Å². The number of hydrogen-bond donors (Lipinski definition) is 0. The molecule has 0 aliphatic heterocycles. The van der Waals surface area contributed by atoms with Crippen LogP contribution in [0.1, 0.15) is 111 Å². The van der Waals surface area contributed by atoms with Gasteiger partial charge in [-0.3, -0.25) is 0 Å². The first kappa shape index (κ1) is 31.3. The predicted octanol–water partition coefficient (Wildman–Crippen LogP) is 10.5. The van der Waals surface area contributed by atoms with E-state index in [4.69, 9.17) is 0 Å². The van der Waals surface area contributed by atoms with Gasteiger partial charge in [-0.1, -0.05) is 91.7 Å². The van der Waals surface area contributed by atoms with Gasteiger partial charge < -0.3 is 14.9 Å². The van der Waals surface area contributed by atoms with Crippen LogP contribution in [0.4, 0.5) is 0 Å². The van der Waals surface area contributed by atoms with Gasteiger partial charge in [-0.2, -0.15) is 0 Å². The zero-order valence-corrected chi connectivity index (χ0v) is 27.7. The van der Waals surface area contributed by atoms with Crippen molar-refractivity contribution in [2.45, 2.75) is 135 Å². The van der Waals surface area contributed by atoms with E-state index in [-0.39, 0.29) is 41.1 Å². The summed E-state index contributed by atoms with van der Waals surface area (Å²) in [5, 5.41) is 0. The molecule has 0 bridgehead atoms.